The number of rotatable bonds is 5. The largest absolute Gasteiger partial charge is 0.493 e. The van der Waals surface area contributed by atoms with E-state index in [1.54, 1.807) is 0 Å². The van der Waals surface area contributed by atoms with Crippen molar-refractivity contribution in [1.82, 2.24) is 5.32 Å². The summed E-state index contributed by atoms with van der Waals surface area (Å²) in [5.41, 5.74) is 2.84. The second-order valence-corrected chi connectivity index (χ2v) is 7.15. The van der Waals surface area contributed by atoms with Crippen molar-refractivity contribution in [2.24, 2.45) is 5.41 Å². The van der Waals surface area contributed by atoms with Crippen LogP contribution in [0.2, 0.25) is 0 Å². The van der Waals surface area contributed by atoms with Gasteiger partial charge >= 0.3 is 0 Å². The van der Waals surface area contributed by atoms with Crippen LogP contribution in [0.4, 0.5) is 0 Å². The fourth-order valence-corrected chi connectivity index (χ4v) is 4.13. The van der Waals surface area contributed by atoms with Gasteiger partial charge in [-0.25, -0.2) is 0 Å². The Morgan fingerprint density at radius 2 is 2.24 bits per heavy atom. The Morgan fingerprint density at radius 1 is 1.38 bits per heavy atom. The molecule has 0 spiro atoms. The van der Waals surface area contributed by atoms with E-state index in [4.69, 9.17) is 9.47 Å². The van der Waals surface area contributed by atoms with E-state index < -0.39 is 0 Å². The predicted molar refractivity (Wildman–Crippen MR) is 88.1 cm³/mol. The van der Waals surface area contributed by atoms with Crippen molar-refractivity contribution in [2.45, 2.75) is 39.2 Å². The van der Waals surface area contributed by atoms with Gasteiger partial charge in [0, 0.05) is 29.5 Å². The third kappa shape index (κ3) is 2.99. The van der Waals surface area contributed by atoms with Gasteiger partial charge in [-0.1, -0.05) is 22.9 Å². The van der Waals surface area contributed by atoms with Crippen LogP contribution in [0, 0.1) is 5.41 Å². The molecule has 1 N–H and O–H groups in total. The van der Waals surface area contributed by atoms with Crippen molar-refractivity contribution in [3.05, 3.63) is 27.7 Å². The molecule has 1 aromatic rings. The van der Waals surface area contributed by atoms with E-state index in [1.165, 1.54) is 11.1 Å². The van der Waals surface area contributed by atoms with Gasteiger partial charge in [0.1, 0.15) is 5.75 Å². The Morgan fingerprint density at radius 3 is 2.95 bits per heavy atom. The zero-order valence-electron chi connectivity index (χ0n) is 12.9. The van der Waals surface area contributed by atoms with Crippen LogP contribution < -0.4 is 10.1 Å². The number of hydrogen-bond donors (Lipinski definition) is 1. The van der Waals surface area contributed by atoms with Gasteiger partial charge in [0.15, 0.2) is 0 Å². The van der Waals surface area contributed by atoms with Crippen LogP contribution in [0.3, 0.4) is 0 Å². The highest BCUT2D eigenvalue weighted by Crippen LogP contribution is 2.42. The highest BCUT2D eigenvalue weighted by atomic mass is 79.9. The SMILES string of the molecule is CCNCC1(Cc2cc(Br)cc3c2OCC3)CCOC1C. The standard InChI is InChI=1S/C17H24BrNO2/c1-3-19-11-17(5-7-20-12(17)2)10-14-9-15(18)8-13-4-6-21-16(13)14/h8-9,12,19H,3-7,10-11H2,1-2H3. The molecule has 1 fully saturated rings. The molecule has 3 rings (SSSR count). The monoisotopic (exact) mass is 353 g/mol. The molecule has 2 aliphatic heterocycles. The number of benzene rings is 1. The summed E-state index contributed by atoms with van der Waals surface area (Å²) in [6, 6.07) is 4.42. The van der Waals surface area contributed by atoms with Crippen LogP contribution in [0.5, 0.6) is 5.75 Å². The Labute approximate surface area is 135 Å². The zero-order chi connectivity index (χ0) is 14.9. The van der Waals surface area contributed by atoms with E-state index in [0.717, 1.165) is 55.8 Å². The van der Waals surface area contributed by atoms with Crippen LogP contribution in [-0.4, -0.2) is 32.4 Å². The summed E-state index contributed by atoms with van der Waals surface area (Å²) in [6.07, 6.45) is 3.44. The Hall–Kier alpha value is -0.580. The zero-order valence-corrected chi connectivity index (χ0v) is 14.5. The van der Waals surface area contributed by atoms with Crippen LogP contribution >= 0.6 is 15.9 Å². The van der Waals surface area contributed by atoms with Crippen molar-refractivity contribution >= 4 is 15.9 Å². The average molecular weight is 354 g/mol. The van der Waals surface area contributed by atoms with Crippen molar-refractivity contribution in [1.29, 1.82) is 0 Å². The van der Waals surface area contributed by atoms with E-state index in [1.807, 2.05) is 0 Å². The van der Waals surface area contributed by atoms with Gasteiger partial charge in [0.25, 0.3) is 0 Å². The first-order valence-electron chi connectivity index (χ1n) is 7.91. The molecule has 2 unspecified atom stereocenters. The maximum Gasteiger partial charge on any atom is 0.125 e. The van der Waals surface area contributed by atoms with E-state index in [9.17, 15) is 0 Å². The van der Waals surface area contributed by atoms with Gasteiger partial charge in [-0.2, -0.15) is 0 Å². The van der Waals surface area contributed by atoms with E-state index >= 15 is 0 Å². The molecule has 2 aliphatic rings. The fraction of sp³-hybridized carbons (Fsp3) is 0.647. The molecule has 0 bridgehead atoms. The molecule has 0 amide bonds. The number of hydrogen-bond acceptors (Lipinski definition) is 3. The third-order valence-corrected chi connectivity index (χ3v) is 5.38. The van der Waals surface area contributed by atoms with Gasteiger partial charge < -0.3 is 14.8 Å². The van der Waals surface area contributed by atoms with Crippen molar-refractivity contribution < 1.29 is 9.47 Å². The molecule has 0 saturated carbocycles. The minimum absolute atomic E-state index is 0.177. The first-order chi connectivity index (χ1) is 10.1. The second-order valence-electron chi connectivity index (χ2n) is 6.23. The topological polar surface area (TPSA) is 30.5 Å². The van der Waals surface area contributed by atoms with Gasteiger partial charge in [0.2, 0.25) is 0 Å². The number of fused-ring (bicyclic) bond motifs is 1. The molecule has 2 atom stereocenters. The van der Waals surface area contributed by atoms with E-state index in [0.29, 0.717) is 0 Å². The van der Waals surface area contributed by atoms with Crippen molar-refractivity contribution in [3.63, 3.8) is 0 Å². The third-order valence-electron chi connectivity index (χ3n) is 4.93. The quantitative estimate of drug-likeness (QED) is 0.880. The van der Waals surface area contributed by atoms with Crippen molar-refractivity contribution in [2.75, 3.05) is 26.3 Å². The van der Waals surface area contributed by atoms with Crippen LogP contribution in [0.1, 0.15) is 31.4 Å². The maximum absolute atomic E-state index is 5.90. The summed E-state index contributed by atoms with van der Waals surface area (Å²) in [6.45, 7) is 8.06. The molecule has 1 saturated heterocycles. The van der Waals surface area contributed by atoms with Crippen LogP contribution in [-0.2, 0) is 17.6 Å². The molecular formula is C17H24BrNO2. The minimum atomic E-state index is 0.177. The molecule has 21 heavy (non-hydrogen) atoms. The van der Waals surface area contributed by atoms with Gasteiger partial charge in [-0.15, -0.1) is 0 Å². The highest BCUT2D eigenvalue weighted by Gasteiger charge is 2.42. The van der Waals surface area contributed by atoms with E-state index in [-0.39, 0.29) is 11.5 Å². The lowest BCUT2D eigenvalue weighted by Crippen LogP contribution is -2.41. The summed E-state index contributed by atoms with van der Waals surface area (Å²) >= 11 is 3.65. The highest BCUT2D eigenvalue weighted by molar-refractivity contribution is 9.10. The first-order valence-corrected chi connectivity index (χ1v) is 8.70. The van der Waals surface area contributed by atoms with Gasteiger partial charge in [-0.05, 0) is 49.6 Å². The minimum Gasteiger partial charge on any atom is -0.493 e. The molecule has 3 nitrogen and oxygen atoms in total. The van der Waals surface area contributed by atoms with Gasteiger partial charge in [-0.3, -0.25) is 0 Å². The first kappa shape index (κ1) is 15.3. The molecule has 0 aromatic heterocycles. The molecule has 4 heteroatoms. The average Bonchev–Trinajstić information content (AvgIpc) is 3.04. The molecule has 2 heterocycles. The molecule has 0 aliphatic carbocycles. The molecular weight excluding hydrogens is 330 g/mol. The summed E-state index contributed by atoms with van der Waals surface area (Å²) in [5, 5.41) is 3.53. The molecule has 0 radical (unpaired) electrons. The normalized spacial score (nSPS) is 27.7. The van der Waals surface area contributed by atoms with Gasteiger partial charge in [0.05, 0.1) is 12.7 Å². The molecule has 1 aromatic carbocycles. The second kappa shape index (κ2) is 6.27. The summed E-state index contributed by atoms with van der Waals surface area (Å²) in [7, 11) is 0. The number of ether oxygens (including phenoxy) is 2. The summed E-state index contributed by atoms with van der Waals surface area (Å²) in [5.74, 6) is 1.12. The lowest BCUT2D eigenvalue weighted by molar-refractivity contribution is 0.0630. The van der Waals surface area contributed by atoms with Crippen LogP contribution in [0.25, 0.3) is 0 Å². The predicted octanol–water partition coefficient (Wildman–Crippen LogP) is 3.33. The molecule has 116 valence electrons. The number of nitrogens with one attached hydrogen (secondary N) is 1. The van der Waals surface area contributed by atoms with Crippen molar-refractivity contribution in [3.8, 4) is 5.75 Å². The fourth-order valence-electron chi connectivity index (χ4n) is 3.58. The smallest absolute Gasteiger partial charge is 0.125 e. The summed E-state index contributed by atoms with van der Waals surface area (Å²) in [4.78, 5) is 0. The number of halogens is 1. The maximum atomic E-state index is 5.90. The summed E-state index contributed by atoms with van der Waals surface area (Å²) < 4.78 is 13.0. The Balaban J connectivity index is 1.90. The van der Waals surface area contributed by atoms with E-state index in [2.05, 4.69) is 47.2 Å². The Kier molecular flexibility index (Phi) is 4.57. The van der Waals surface area contributed by atoms with Crippen LogP contribution in [0.15, 0.2) is 16.6 Å². The lowest BCUT2D eigenvalue weighted by atomic mass is 9.75. The lowest BCUT2D eigenvalue weighted by Gasteiger charge is -2.33. The Bertz CT molecular complexity index is 520.